The number of aromatic amines is 2. The van der Waals surface area contributed by atoms with Crippen molar-refractivity contribution >= 4 is 46.4 Å². The van der Waals surface area contributed by atoms with Crippen LogP contribution in [-0.4, -0.2) is 19.9 Å². The first-order valence-electron chi connectivity index (χ1n) is 7.77. The number of H-pyrrole nitrogens is 2. The van der Waals surface area contributed by atoms with Crippen molar-refractivity contribution in [2.24, 2.45) is 0 Å². The van der Waals surface area contributed by atoms with Gasteiger partial charge in [-0.15, -0.1) is 18.2 Å². The number of fused-ring (bicyclic) bond motifs is 8. The molecule has 0 unspecified atom stereocenters. The fourth-order valence-corrected chi connectivity index (χ4v) is 2.86. The molecular formula is C20H13N4Re-. The van der Waals surface area contributed by atoms with Crippen LogP contribution >= 0.6 is 0 Å². The number of nitrogens with one attached hydrogen (secondary N) is 2. The van der Waals surface area contributed by atoms with Gasteiger partial charge >= 0.3 is 0 Å². The van der Waals surface area contributed by atoms with Gasteiger partial charge in [-0.1, -0.05) is 23.2 Å². The molecule has 0 aliphatic carbocycles. The Hall–Kier alpha value is -2.74. The van der Waals surface area contributed by atoms with Crippen LogP contribution in [0.3, 0.4) is 0 Å². The van der Waals surface area contributed by atoms with Gasteiger partial charge in [-0.05, 0) is 42.5 Å². The molecule has 4 nitrogen and oxygen atoms in total. The molecule has 3 aromatic heterocycles. The van der Waals surface area contributed by atoms with E-state index in [0.717, 1.165) is 44.8 Å². The standard InChI is InChI=1S/C20H13N4.Re/c1-2-14-10-16-5-6-18(23-16)12-20-8-7-19(24-20)11-17-4-3-15(22-17)9-13(1)21-14;/h1-11,23-24H;/q-1;. The van der Waals surface area contributed by atoms with E-state index in [2.05, 4.69) is 26.0 Å². The van der Waals surface area contributed by atoms with E-state index in [1.54, 1.807) is 0 Å². The summed E-state index contributed by atoms with van der Waals surface area (Å²) in [6.07, 6.45) is 8.01. The Bertz CT molecular complexity index is 1080. The Kier molecular flexibility index (Phi) is 3.97. The Labute approximate surface area is 158 Å². The van der Waals surface area contributed by atoms with Crippen molar-refractivity contribution in [3.63, 3.8) is 0 Å². The van der Waals surface area contributed by atoms with Crippen molar-refractivity contribution in [1.82, 2.24) is 19.9 Å². The van der Waals surface area contributed by atoms with Crippen molar-refractivity contribution in [1.29, 1.82) is 0 Å². The maximum atomic E-state index is 4.61. The molecule has 0 aromatic carbocycles. The fourth-order valence-electron chi connectivity index (χ4n) is 2.86. The molecule has 8 bridgehead atoms. The van der Waals surface area contributed by atoms with Gasteiger partial charge in [-0.3, -0.25) is 0 Å². The Morgan fingerprint density at radius 3 is 1.52 bits per heavy atom. The predicted molar refractivity (Wildman–Crippen MR) is 97.7 cm³/mol. The van der Waals surface area contributed by atoms with Crippen LogP contribution < -0.4 is 0 Å². The topological polar surface area (TPSA) is 57.4 Å². The monoisotopic (exact) mass is 496 g/mol. The van der Waals surface area contributed by atoms with Gasteiger partial charge in [0.05, 0.1) is 22.8 Å². The molecule has 25 heavy (non-hydrogen) atoms. The second-order valence-electron chi connectivity index (χ2n) is 5.80. The summed E-state index contributed by atoms with van der Waals surface area (Å²) < 4.78 is 0. The third kappa shape index (κ3) is 3.25. The zero-order chi connectivity index (χ0) is 15.9. The molecule has 0 amide bonds. The molecule has 5 heteroatoms. The van der Waals surface area contributed by atoms with Gasteiger partial charge in [-0.25, -0.2) is 9.97 Å². The van der Waals surface area contributed by atoms with Gasteiger partial charge in [-0.2, -0.15) is 0 Å². The second-order valence-corrected chi connectivity index (χ2v) is 5.80. The molecule has 3 aromatic rings. The summed E-state index contributed by atoms with van der Waals surface area (Å²) in [7, 11) is 0. The number of hydrogen-bond acceptors (Lipinski definition) is 2. The van der Waals surface area contributed by atoms with E-state index in [1.807, 2.05) is 66.8 Å². The van der Waals surface area contributed by atoms with Gasteiger partial charge in [0.1, 0.15) is 0 Å². The normalized spacial score (nSPS) is 12.2. The Morgan fingerprint density at radius 1 is 0.600 bits per heavy atom. The van der Waals surface area contributed by atoms with Crippen molar-refractivity contribution in [3.8, 4) is 0 Å². The van der Waals surface area contributed by atoms with Crippen molar-refractivity contribution in [2.75, 3.05) is 0 Å². The van der Waals surface area contributed by atoms with Crippen LogP contribution in [0, 0.1) is 6.07 Å². The summed E-state index contributed by atoms with van der Waals surface area (Å²) >= 11 is 0. The van der Waals surface area contributed by atoms with Crippen LogP contribution in [0.2, 0.25) is 0 Å². The van der Waals surface area contributed by atoms with Crippen LogP contribution in [0.1, 0.15) is 22.8 Å². The van der Waals surface area contributed by atoms with E-state index in [0.29, 0.717) is 0 Å². The van der Waals surface area contributed by atoms with Crippen LogP contribution in [0.25, 0.3) is 46.4 Å². The van der Waals surface area contributed by atoms with Gasteiger partial charge in [0, 0.05) is 31.5 Å². The zero-order valence-corrected chi connectivity index (χ0v) is 15.8. The van der Waals surface area contributed by atoms with Crippen LogP contribution in [-0.2, 0) is 20.4 Å². The van der Waals surface area contributed by atoms with Crippen LogP contribution in [0.5, 0.6) is 0 Å². The maximum Gasteiger partial charge on any atom is 0.0659 e. The molecule has 1 radical (unpaired) electrons. The third-order valence-electron chi connectivity index (χ3n) is 3.96. The average molecular weight is 496 g/mol. The minimum atomic E-state index is 0. The van der Waals surface area contributed by atoms with Crippen molar-refractivity contribution in [3.05, 3.63) is 71.3 Å². The van der Waals surface area contributed by atoms with E-state index in [-0.39, 0.29) is 20.4 Å². The molecule has 0 spiro atoms. The first-order chi connectivity index (χ1) is 11.8. The smallest absolute Gasteiger partial charge is 0.0659 e. The molecule has 5 rings (SSSR count). The largest absolute Gasteiger partial charge is 0.379 e. The summed E-state index contributed by atoms with van der Waals surface area (Å²) in [6.45, 7) is 0. The molecule has 0 fully saturated rings. The van der Waals surface area contributed by atoms with E-state index in [1.165, 1.54) is 0 Å². The average Bonchev–Trinajstić information content (AvgIpc) is 3.32. The van der Waals surface area contributed by atoms with Gasteiger partial charge in [0.25, 0.3) is 0 Å². The Balaban J connectivity index is 0.00000157. The SMILES string of the molecule is [Re].[c-]1c2ccc(cc3nc(cc4nc(cc5ccc1[nH]5)C=C4)C=C3)[nH]2. The first kappa shape index (κ1) is 15.8. The maximum absolute atomic E-state index is 4.61. The van der Waals surface area contributed by atoms with Gasteiger partial charge in [0.15, 0.2) is 0 Å². The second kappa shape index (κ2) is 6.29. The summed E-state index contributed by atoms with van der Waals surface area (Å²) in [4.78, 5) is 15.9. The molecule has 0 saturated carbocycles. The number of nitrogens with zero attached hydrogens (tertiary/aromatic N) is 2. The molecule has 5 heterocycles. The first-order valence-corrected chi connectivity index (χ1v) is 7.77. The fraction of sp³-hybridized carbons (Fsp3) is 0. The van der Waals surface area contributed by atoms with Gasteiger partial charge < -0.3 is 9.97 Å². The summed E-state index contributed by atoms with van der Waals surface area (Å²) in [5.74, 6) is 0. The summed E-state index contributed by atoms with van der Waals surface area (Å²) in [6, 6.07) is 17.4. The van der Waals surface area contributed by atoms with E-state index in [4.69, 9.17) is 0 Å². The number of aromatic nitrogens is 4. The predicted octanol–water partition coefficient (Wildman–Crippen LogP) is 4.45. The van der Waals surface area contributed by atoms with Crippen LogP contribution in [0.15, 0.2) is 42.5 Å². The molecule has 0 saturated heterocycles. The van der Waals surface area contributed by atoms with Crippen molar-refractivity contribution in [2.45, 2.75) is 0 Å². The summed E-state index contributed by atoms with van der Waals surface area (Å²) in [5, 5.41) is 0. The van der Waals surface area contributed by atoms with Crippen LogP contribution in [0.4, 0.5) is 0 Å². The summed E-state index contributed by atoms with van der Waals surface area (Å²) in [5.41, 5.74) is 7.50. The number of hydrogen-bond donors (Lipinski definition) is 2. The minimum Gasteiger partial charge on any atom is -0.379 e. The van der Waals surface area contributed by atoms with E-state index >= 15 is 0 Å². The number of rotatable bonds is 0. The third-order valence-corrected chi connectivity index (χ3v) is 3.96. The molecule has 2 N–H and O–H groups in total. The molecule has 2 aliphatic heterocycles. The van der Waals surface area contributed by atoms with E-state index < -0.39 is 0 Å². The molecule has 0 atom stereocenters. The molecule has 2 aliphatic rings. The molecule has 121 valence electrons. The van der Waals surface area contributed by atoms with Gasteiger partial charge in [0.2, 0.25) is 0 Å². The zero-order valence-electron chi connectivity index (χ0n) is 13.1. The minimum absolute atomic E-state index is 0. The van der Waals surface area contributed by atoms with Crippen molar-refractivity contribution < 1.29 is 20.4 Å². The molecular weight excluding hydrogens is 482 g/mol. The Morgan fingerprint density at radius 2 is 1.04 bits per heavy atom. The quantitative estimate of drug-likeness (QED) is 0.312. The van der Waals surface area contributed by atoms with E-state index in [9.17, 15) is 0 Å².